The van der Waals surface area contributed by atoms with E-state index in [9.17, 15) is 4.39 Å². The SMILES string of the molecule is COC(C(N)CF)C1C=CC(/C(=N/N)NN)=CC1. The number of halogens is 1. The van der Waals surface area contributed by atoms with E-state index in [0.717, 1.165) is 5.57 Å². The Kier molecular flexibility index (Phi) is 5.76. The molecule has 3 unspecified atom stereocenters. The number of amidine groups is 1. The Bertz CT molecular complexity index is 355. The summed E-state index contributed by atoms with van der Waals surface area (Å²) in [5, 5.41) is 3.52. The number of hydrogen-bond acceptors (Lipinski definition) is 5. The van der Waals surface area contributed by atoms with Crippen molar-refractivity contribution in [2.75, 3.05) is 13.8 Å². The predicted molar refractivity (Wildman–Crippen MR) is 69.0 cm³/mol. The molecule has 0 aromatic carbocycles. The van der Waals surface area contributed by atoms with Crippen LogP contribution < -0.4 is 22.8 Å². The third kappa shape index (κ3) is 3.28. The van der Waals surface area contributed by atoms with Crippen LogP contribution in [0.1, 0.15) is 6.42 Å². The lowest BCUT2D eigenvalue weighted by Crippen LogP contribution is -2.43. The summed E-state index contributed by atoms with van der Waals surface area (Å²) in [6.45, 7) is -0.612. The number of rotatable bonds is 5. The first kappa shape index (κ1) is 14.6. The van der Waals surface area contributed by atoms with Crippen molar-refractivity contribution in [2.45, 2.75) is 18.6 Å². The number of hydrazine groups is 1. The summed E-state index contributed by atoms with van der Waals surface area (Å²) < 4.78 is 17.8. The fourth-order valence-corrected chi connectivity index (χ4v) is 2.01. The van der Waals surface area contributed by atoms with Gasteiger partial charge in [0, 0.05) is 18.6 Å². The lowest BCUT2D eigenvalue weighted by Gasteiger charge is -2.28. The first-order valence-corrected chi connectivity index (χ1v) is 5.65. The van der Waals surface area contributed by atoms with Crippen LogP contribution in [0.2, 0.25) is 0 Å². The minimum Gasteiger partial charge on any atom is -0.379 e. The highest BCUT2D eigenvalue weighted by Crippen LogP contribution is 2.23. The van der Waals surface area contributed by atoms with Gasteiger partial charge in [0.25, 0.3) is 0 Å². The molecule has 0 aliphatic heterocycles. The van der Waals surface area contributed by atoms with Crippen LogP contribution in [0.25, 0.3) is 0 Å². The summed E-state index contributed by atoms with van der Waals surface area (Å²) in [6, 6.07) is -0.630. The number of nitrogens with one attached hydrogen (secondary N) is 1. The molecule has 3 atom stereocenters. The van der Waals surface area contributed by atoms with E-state index in [-0.39, 0.29) is 12.0 Å². The Morgan fingerprint density at radius 1 is 1.72 bits per heavy atom. The van der Waals surface area contributed by atoms with Crippen LogP contribution in [0.3, 0.4) is 0 Å². The molecule has 0 saturated heterocycles. The molecule has 18 heavy (non-hydrogen) atoms. The van der Waals surface area contributed by atoms with Crippen LogP contribution in [-0.4, -0.2) is 31.8 Å². The summed E-state index contributed by atoms with van der Waals surface area (Å²) in [5.41, 5.74) is 8.87. The van der Waals surface area contributed by atoms with Crippen molar-refractivity contribution in [3.05, 3.63) is 23.8 Å². The molecule has 6 nitrogen and oxygen atoms in total. The normalized spacial score (nSPS) is 23.4. The molecule has 0 spiro atoms. The van der Waals surface area contributed by atoms with Crippen LogP contribution >= 0.6 is 0 Å². The molecule has 0 heterocycles. The van der Waals surface area contributed by atoms with Gasteiger partial charge in [0.05, 0.1) is 12.1 Å². The largest absolute Gasteiger partial charge is 0.379 e. The Morgan fingerprint density at radius 3 is 2.83 bits per heavy atom. The van der Waals surface area contributed by atoms with Gasteiger partial charge in [-0.3, -0.25) is 0 Å². The van der Waals surface area contributed by atoms with E-state index in [0.29, 0.717) is 12.3 Å². The molecule has 7 N–H and O–H groups in total. The maximum Gasteiger partial charge on any atom is 0.166 e. The van der Waals surface area contributed by atoms with Crippen LogP contribution in [-0.2, 0) is 4.74 Å². The number of alkyl halides is 1. The van der Waals surface area contributed by atoms with Crippen molar-refractivity contribution in [3.8, 4) is 0 Å². The average Bonchev–Trinajstić information content (AvgIpc) is 2.42. The van der Waals surface area contributed by atoms with Gasteiger partial charge >= 0.3 is 0 Å². The molecular weight excluding hydrogens is 237 g/mol. The van der Waals surface area contributed by atoms with Crippen LogP contribution in [0.15, 0.2) is 28.9 Å². The predicted octanol–water partition coefficient (Wildman–Crippen LogP) is -0.464. The van der Waals surface area contributed by atoms with E-state index in [4.69, 9.17) is 22.2 Å². The Hall–Kier alpha value is -1.44. The Labute approximate surface area is 106 Å². The molecule has 102 valence electrons. The summed E-state index contributed by atoms with van der Waals surface area (Å²) in [6.07, 6.45) is 5.94. The number of methoxy groups -OCH3 is 1. The number of hydrazone groups is 1. The monoisotopic (exact) mass is 257 g/mol. The van der Waals surface area contributed by atoms with Gasteiger partial charge in [-0.05, 0) is 6.42 Å². The summed E-state index contributed by atoms with van der Waals surface area (Å²) in [5.74, 6) is 10.9. The fourth-order valence-electron chi connectivity index (χ4n) is 2.01. The van der Waals surface area contributed by atoms with E-state index in [1.807, 2.05) is 18.2 Å². The second-order valence-electron chi connectivity index (χ2n) is 4.06. The first-order chi connectivity index (χ1) is 8.67. The van der Waals surface area contributed by atoms with E-state index in [1.165, 1.54) is 7.11 Å². The minimum atomic E-state index is -0.630. The van der Waals surface area contributed by atoms with Crippen molar-refractivity contribution in [1.82, 2.24) is 5.43 Å². The third-order valence-corrected chi connectivity index (χ3v) is 2.97. The van der Waals surface area contributed by atoms with Gasteiger partial charge < -0.3 is 21.7 Å². The van der Waals surface area contributed by atoms with E-state index in [1.54, 1.807) is 0 Å². The standard InChI is InChI=1S/C11H20FN5O/c1-18-10(9(13)6-12)7-2-4-8(5-3-7)11(16-14)17-15/h2,4-5,7,9-10H,3,6,13-15H2,1H3,(H,16,17). The molecule has 1 rings (SSSR count). The van der Waals surface area contributed by atoms with Gasteiger partial charge in [-0.2, -0.15) is 5.10 Å². The molecule has 0 radical (unpaired) electrons. The van der Waals surface area contributed by atoms with Gasteiger partial charge in [0.1, 0.15) is 6.67 Å². The number of nitrogens with two attached hydrogens (primary N) is 3. The Balaban J connectivity index is 2.71. The summed E-state index contributed by atoms with van der Waals surface area (Å²) in [4.78, 5) is 0. The van der Waals surface area contributed by atoms with Crippen LogP contribution in [0.5, 0.6) is 0 Å². The quantitative estimate of drug-likeness (QED) is 0.230. The van der Waals surface area contributed by atoms with Gasteiger partial charge in [0.15, 0.2) is 5.84 Å². The third-order valence-electron chi connectivity index (χ3n) is 2.97. The zero-order valence-electron chi connectivity index (χ0n) is 10.3. The Morgan fingerprint density at radius 2 is 2.44 bits per heavy atom. The maximum absolute atomic E-state index is 12.6. The zero-order chi connectivity index (χ0) is 13.5. The minimum absolute atomic E-state index is 0.0290. The van der Waals surface area contributed by atoms with Gasteiger partial charge in [-0.1, -0.05) is 18.2 Å². The first-order valence-electron chi connectivity index (χ1n) is 5.65. The molecule has 0 aromatic rings. The van der Waals surface area contributed by atoms with Gasteiger partial charge in [0.2, 0.25) is 0 Å². The molecule has 1 aliphatic carbocycles. The summed E-state index contributed by atoms with van der Waals surface area (Å²) in [7, 11) is 1.53. The van der Waals surface area contributed by atoms with Gasteiger partial charge in [-0.15, -0.1) is 0 Å². The topological polar surface area (TPSA) is 112 Å². The highest BCUT2D eigenvalue weighted by Gasteiger charge is 2.26. The maximum atomic E-state index is 12.6. The molecule has 1 aliphatic rings. The highest BCUT2D eigenvalue weighted by molar-refractivity contribution is 6.00. The molecular formula is C11H20FN5O. The zero-order valence-corrected chi connectivity index (χ0v) is 10.3. The molecule has 0 aromatic heterocycles. The lowest BCUT2D eigenvalue weighted by atomic mass is 9.88. The average molecular weight is 257 g/mol. The number of nitrogens with zero attached hydrogens (tertiary/aromatic N) is 1. The fraction of sp³-hybridized carbons (Fsp3) is 0.545. The molecule has 0 saturated carbocycles. The second kappa shape index (κ2) is 7.10. The number of ether oxygens (including phenoxy) is 1. The van der Waals surface area contributed by atoms with Crippen molar-refractivity contribution in [1.29, 1.82) is 0 Å². The van der Waals surface area contributed by atoms with Crippen LogP contribution in [0.4, 0.5) is 4.39 Å². The van der Waals surface area contributed by atoms with Gasteiger partial charge in [-0.25, -0.2) is 10.2 Å². The number of allylic oxidation sites excluding steroid dienone is 1. The van der Waals surface area contributed by atoms with Crippen molar-refractivity contribution < 1.29 is 9.13 Å². The van der Waals surface area contributed by atoms with E-state index >= 15 is 0 Å². The molecule has 0 fully saturated rings. The van der Waals surface area contributed by atoms with E-state index in [2.05, 4.69) is 10.5 Å². The highest BCUT2D eigenvalue weighted by atomic mass is 19.1. The van der Waals surface area contributed by atoms with Crippen molar-refractivity contribution >= 4 is 5.84 Å². The molecule has 0 amide bonds. The molecule has 7 heteroatoms. The molecule has 0 bridgehead atoms. The number of hydrogen-bond donors (Lipinski definition) is 4. The smallest absolute Gasteiger partial charge is 0.166 e. The van der Waals surface area contributed by atoms with E-state index < -0.39 is 12.7 Å². The van der Waals surface area contributed by atoms with Crippen LogP contribution in [0, 0.1) is 5.92 Å². The van der Waals surface area contributed by atoms with Crippen molar-refractivity contribution in [2.24, 2.45) is 28.4 Å². The second-order valence-corrected chi connectivity index (χ2v) is 4.06. The summed E-state index contributed by atoms with van der Waals surface area (Å²) >= 11 is 0. The lowest BCUT2D eigenvalue weighted by molar-refractivity contribution is 0.0411. The van der Waals surface area contributed by atoms with Crippen molar-refractivity contribution in [3.63, 3.8) is 0 Å².